The van der Waals surface area contributed by atoms with Gasteiger partial charge in [0.05, 0.1) is 0 Å². The van der Waals surface area contributed by atoms with E-state index in [9.17, 15) is 0 Å². The van der Waals surface area contributed by atoms with E-state index in [-0.39, 0.29) is 33.4 Å². The summed E-state index contributed by atoms with van der Waals surface area (Å²) in [7, 11) is 11.5. The Kier molecular flexibility index (Phi) is 13.6. The van der Waals surface area contributed by atoms with Crippen LogP contribution < -0.4 is 31.3 Å². The third-order valence-electron chi connectivity index (χ3n) is 5.33. The zero-order chi connectivity index (χ0) is 28.0. The van der Waals surface area contributed by atoms with E-state index < -0.39 is 0 Å². The van der Waals surface area contributed by atoms with Crippen molar-refractivity contribution in [3.05, 3.63) is 61.9 Å². The summed E-state index contributed by atoms with van der Waals surface area (Å²) in [5.74, 6) is 0. The monoisotopic (exact) mass is 787 g/mol. The molecule has 2 aliphatic rings. The van der Waals surface area contributed by atoms with Crippen LogP contribution in [-0.4, -0.2) is 83.3 Å². The second kappa shape index (κ2) is 15.6. The van der Waals surface area contributed by atoms with Gasteiger partial charge in [-0.15, -0.1) is 0 Å². The maximum Gasteiger partial charge on any atom is 0.172 e. The molecule has 2 heterocycles. The van der Waals surface area contributed by atoms with Crippen molar-refractivity contribution in [2.45, 2.75) is 11.0 Å². The van der Waals surface area contributed by atoms with E-state index in [2.05, 4.69) is 21.5 Å². The van der Waals surface area contributed by atoms with Gasteiger partial charge in [-0.1, -0.05) is 12.1 Å². The average molecular weight is 788 g/mol. The van der Waals surface area contributed by atoms with Crippen molar-refractivity contribution in [3.63, 3.8) is 0 Å². The Balaban J connectivity index is 0.000000267. The number of hydrazine groups is 2. The SMILES string of the molecule is CN1[CH]N(c2cccc(NC(=S)N(C)C)c2)C([S-])N1.CN1[CH]N(c2cccc(NC(=S)N(C)C)c2)C([S-])N1.[Au]. The van der Waals surface area contributed by atoms with Gasteiger partial charge in [0, 0.05) is 87.4 Å². The van der Waals surface area contributed by atoms with Crippen molar-refractivity contribution in [3.8, 4) is 0 Å². The van der Waals surface area contributed by atoms with Crippen LogP contribution in [-0.2, 0) is 47.6 Å². The first kappa shape index (κ1) is 33.9. The quantitative estimate of drug-likeness (QED) is 0.209. The van der Waals surface area contributed by atoms with Crippen LogP contribution in [0.4, 0.5) is 22.7 Å². The Bertz CT molecular complexity index is 1020. The van der Waals surface area contributed by atoms with Crippen molar-refractivity contribution in [2.24, 2.45) is 0 Å². The normalized spacial score (nSPS) is 19.1. The second-order valence-electron chi connectivity index (χ2n) is 8.98. The molecule has 2 unspecified atom stereocenters. The molecule has 4 rings (SSSR count). The van der Waals surface area contributed by atoms with Gasteiger partial charge in [0.15, 0.2) is 10.2 Å². The maximum atomic E-state index is 5.34. The summed E-state index contributed by atoms with van der Waals surface area (Å²) in [6.45, 7) is 3.86. The molecule has 0 spiro atoms. The van der Waals surface area contributed by atoms with Gasteiger partial charge >= 0.3 is 0 Å². The molecule has 4 N–H and O–H groups in total. The van der Waals surface area contributed by atoms with Gasteiger partial charge in [0.2, 0.25) is 0 Å². The topological polar surface area (TPSA) is 67.6 Å². The van der Waals surface area contributed by atoms with E-state index in [1.807, 2.05) is 134 Å². The summed E-state index contributed by atoms with van der Waals surface area (Å²) in [4.78, 5) is 7.68. The van der Waals surface area contributed by atoms with Crippen molar-refractivity contribution in [2.75, 3.05) is 62.7 Å². The number of anilines is 4. The fraction of sp³-hybridized carbons (Fsp3) is 0.333. The number of thiocarbonyl (C=S) groups is 2. The number of hydrogen-bond donors (Lipinski definition) is 4. The van der Waals surface area contributed by atoms with E-state index in [0.717, 1.165) is 22.7 Å². The molecular formula is C24H34AuN10S4-2. The zero-order valence-corrected chi connectivity index (χ0v) is 28.0. The molecule has 10 nitrogen and oxygen atoms in total. The van der Waals surface area contributed by atoms with Crippen LogP contribution in [0.1, 0.15) is 0 Å². The smallest absolute Gasteiger partial charge is 0.172 e. The molecule has 2 aromatic carbocycles. The number of rotatable bonds is 4. The molecule has 0 aliphatic carbocycles. The summed E-state index contributed by atoms with van der Waals surface area (Å²) < 4.78 is 0. The molecule has 2 atom stereocenters. The number of hydrogen-bond acceptors (Lipinski definition) is 10. The largest absolute Gasteiger partial charge is 0.751 e. The summed E-state index contributed by atoms with van der Waals surface area (Å²) >= 11 is 21.2. The van der Waals surface area contributed by atoms with Gasteiger partial charge in [0.1, 0.15) is 13.3 Å². The Morgan fingerprint density at radius 3 is 1.38 bits per heavy atom. The first-order valence-electron chi connectivity index (χ1n) is 11.7. The van der Waals surface area contributed by atoms with Crippen molar-refractivity contribution in [1.29, 1.82) is 0 Å². The van der Waals surface area contributed by atoms with Gasteiger partial charge in [-0.05, 0) is 71.8 Å². The summed E-state index contributed by atoms with van der Waals surface area (Å²) in [6.07, 6.45) is 0. The van der Waals surface area contributed by atoms with Crippen molar-refractivity contribution in [1.82, 2.24) is 30.7 Å². The minimum atomic E-state index is -0.180. The fourth-order valence-electron chi connectivity index (χ4n) is 3.40. The summed E-state index contributed by atoms with van der Waals surface area (Å²) in [5.41, 5.74) is 9.78. The maximum absolute atomic E-state index is 5.34. The van der Waals surface area contributed by atoms with Gasteiger partial charge in [-0.2, -0.15) is 0 Å². The van der Waals surface area contributed by atoms with E-state index in [0.29, 0.717) is 10.2 Å². The molecule has 0 bridgehead atoms. The van der Waals surface area contributed by atoms with Crippen LogP contribution in [0.25, 0.3) is 0 Å². The van der Waals surface area contributed by atoms with Crippen LogP contribution in [0.15, 0.2) is 48.5 Å². The van der Waals surface area contributed by atoms with E-state index in [1.165, 1.54) is 0 Å². The first-order valence-corrected chi connectivity index (χ1v) is 13.4. The van der Waals surface area contributed by atoms with Crippen molar-refractivity contribution >= 4 is 82.7 Å². The third-order valence-corrected chi connectivity index (χ3v) is 6.93. The molecule has 0 saturated carbocycles. The Labute approximate surface area is 269 Å². The van der Waals surface area contributed by atoms with Crippen LogP contribution in [0, 0.1) is 13.3 Å². The van der Waals surface area contributed by atoms with Crippen molar-refractivity contribution < 1.29 is 22.4 Å². The van der Waals surface area contributed by atoms with Gasteiger partial charge < -0.3 is 55.5 Å². The fourth-order valence-corrected chi connectivity index (χ4v) is 4.32. The number of nitrogens with zero attached hydrogens (tertiary/aromatic N) is 6. The first-order chi connectivity index (χ1) is 17.9. The molecule has 2 fully saturated rings. The van der Waals surface area contributed by atoms with Crippen LogP contribution in [0.5, 0.6) is 0 Å². The van der Waals surface area contributed by atoms with Crippen LogP contribution in [0.3, 0.4) is 0 Å². The standard InChI is InChI=1S/2C12H18N5S2.Au/c2*1-15(2)11(18)13-9-5-4-6-10(7-9)17-8-16(3)14-12(17)19;/h2*4-8,12,14,19H,1-3H3,(H,13,18);/p-2. The molecule has 2 aliphatic heterocycles. The molecular weight excluding hydrogens is 754 g/mol. The van der Waals surface area contributed by atoms with Crippen LogP contribution >= 0.6 is 24.4 Å². The molecule has 0 amide bonds. The Morgan fingerprint density at radius 2 is 1.10 bits per heavy atom. The summed E-state index contributed by atoms with van der Waals surface area (Å²) in [6, 6.07) is 16.0. The van der Waals surface area contributed by atoms with Crippen LogP contribution in [0.2, 0.25) is 0 Å². The number of nitrogens with one attached hydrogen (secondary N) is 4. The number of benzene rings is 2. The molecule has 217 valence electrons. The molecule has 2 saturated heterocycles. The molecule has 2 aromatic rings. The molecule has 15 heteroatoms. The third kappa shape index (κ3) is 9.93. The summed E-state index contributed by atoms with van der Waals surface area (Å²) in [5, 5.41) is 11.4. The molecule has 0 aromatic heterocycles. The van der Waals surface area contributed by atoms with Gasteiger partial charge in [-0.3, -0.25) is 10.9 Å². The second-order valence-corrected chi connectivity index (χ2v) is 10.6. The molecule has 39 heavy (non-hydrogen) atoms. The average Bonchev–Trinajstić information content (AvgIpc) is 3.38. The van der Waals surface area contributed by atoms with Gasteiger partial charge in [0.25, 0.3) is 0 Å². The van der Waals surface area contributed by atoms with E-state index in [4.69, 9.17) is 49.7 Å². The Morgan fingerprint density at radius 1 is 0.744 bits per heavy atom. The van der Waals surface area contributed by atoms with E-state index in [1.54, 1.807) is 0 Å². The van der Waals surface area contributed by atoms with E-state index >= 15 is 0 Å². The minimum Gasteiger partial charge on any atom is -0.751 e. The van der Waals surface area contributed by atoms with Gasteiger partial charge in [-0.25, -0.2) is 10.0 Å². The Hall–Kier alpha value is -1.30. The minimum absolute atomic E-state index is 0. The predicted octanol–water partition coefficient (Wildman–Crippen LogP) is 2.30. The zero-order valence-electron chi connectivity index (χ0n) is 22.5. The molecule has 3 radical (unpaired) electrons. The predicted molar refractivity (Wildman–Crippen MR) is 170 cm³/mol.